The number of rotatable bonds is 5. The van der Waals surface area contributed by atoms with E-state index >= 15 is 0 Å². The lowest BCUT2D eigenvalue weighted by molar-refractivity contribution is 0.0707. The largest absolute Gasteiger partial charge is 0.395 e. The zero-order valence-corrected chi connectivity index (χ0v) is 9.47. The maximum absolute atomic E-state index is 12.1. The minimum atomic E-state index is -0.0855. The third-order valence-corrected chi connectivity index (χ3v) is 2.75. The molecule has 1 aliphatic carbocycles. The Balaban J connectivity index is 2.10. The Bertz CT molecular complexity index is 389. The van der Waals surface area contributed by atoms with Crippen LogP contribution in [-0.4, -0.2) is 40.1 Å². The molecule has 1 heterocycles. The van der Waals surface area contributed by atoms with Crippen molar-refractivity contribution < 1.29 is 9.90 Å². The number of nitrogens with zero attached hydrogens (tertiary/aromatic N) is 2. The number of aliphatic hydroxyl groups is 1. The Morgan fingerprint density at radius 1 is 1.59 bits per heavy atom. The van der Waals surface area contributed by atoms with E-state index in [9.17, 15) is 4.79 Å². The SMILES string of the molecule is NNc1ccc(C(=O)N(CCO)C2CC2)cn1. The Hall–Kier alpha value is -1.66. The third-order valence-electron chi connectivity index (χ3n) is 2.75. The van der Waals surface area contributed by atoms with Gasteiger partial charge in [0, 0.05) is 18.8 Å². The van der Waals surface area contributed by atoms with Crippen LogP contribution in [-0.2, 0) is 0 Å². The van der Waals surface area contributed by atoms with Crippen molar-refractivity contribution in [2.24, 2.45) is 5.84 Å². The number of pyridine rings is 1. The summed E-state index contributed by atoms with van der Waals surface area (Å²) in [6.45, 7) is 0.360. The fourth-order valence-electron chi connectivity index (χ4n) is 1.72. The summed E-state index contributed by atoms with van der Waals surface area (Å²) in [6.07, 6.45) is 3.52. The highest BCUT2D eigenvalue weighted by Gasteiger charge is 2.32. The van der Waals surface area contributed by atoms with Crippen molar-refractivity contribution in [2.45, 2.75) is 18.9 Å². The van der Waals surface area contributed by atoms with Gasteiger partial charge in [0.1, 0.15) is 5.82 Å². The van der Waals surface area contributed by atoms with Crippen molar-refractivity contribution in [3.63, 3.8) is 0 Å². The number of hydrazine groups is 1. The van der Waals surface area contributed by atoms with Crippen LogP contribution in [0.4, 0.5) is 5.82 Å². The first kappa shape index (κ1) is 11.8. The maximum atomic E-state index is 12.1. The second-order valence-corrected chi connectivity index (χ2v) is 4.03. The highest BCUT2D eigenvalue weighted by atomic mass is 16.3. The average molecular weight is 236 g/mol. The van der Waals surface area contributed by atoms with Gasteiger partial charge in [0.05, 0.1) is 12.2 Å². The summed E-state index contributed by atoms with van der Waals surface area (Å²) in [7, 11) is 0. The van der Waals surface area contributed by atoms with Gasteiger partial charge in [0.15, 0.2) is 0 Å². The van der Waals surface area contributed by atoms with Crippen LogP contribution >= 0.6 is 0 Å². The Kier molecular flexibility index (Phi) is 3.55. The normalized spacial score (nSPS) is 14.5. The summed E-state index contributed by atoms with van der Waals surface area (Å²) in [4.78, 5) is 17.8. The average Bonchev–Trinajstić information content (AvgIpc) is 3.19. The van der Waals surface area contributed by atoms with Crippen molar-refractivity contribution in [2.75, 3.05) is 18.6 Å². The zero-order valence-electron chi connectivity index (χ0n) is 9.47. The predicted octanol–water partition coefficient (Wildman–Crippen LogP) is -0.0359. The molecule has 1 saturated carbocycles. The number of nitrogens with two attached hydrogens (primary N) is 1. The second kappa shape index (κ2) is 5.11. The molecule has 0 unspecified atom stereocenters. The molecule has 2 rings (SSSR count). The van der Waals surface area contributed by atoms with Crippen molar-refractivity contribution in [1.82, 2.24) is 9.88 Å². The summed E-state index contributed by atoms with van der Waals surface area (Å²) >= 11 is 0. The minimum Gasteiger partial charge on any atom is -0.395 e. The van der Waals surface area contributed by atoms with Crippen LogP contribution in [0.2, 0.25) is 0 Å². The quantitative estimate of drug-likeness (QED) is 0.493. The molecule has 6 heteroatoms. The van der Waals surface area contributed by atoms with E-state index in [2.05, 4.69) is 10.4 Å². The van der Waals surface area contributed by atoms with E-state index in [0.717, 1.165) is 12.8 Å². The molecule has 1 aliphatic rings. The maximum Gasteiger partial charge on any atom is 0.255 e. The number of anilines is 1. The van der Waals surface area contributed by atoms with Gasteiger partial charge in [0.25, 0.3) is 5.91 Å². The van der Waals surface area contributed by atoms with Gasteiger partial charge in [-0.1, -0.05) is 0 Å². The van der Waals surface area contributed by atoms with Gasteiger partial charge in [-0.05, 0) is 25.0 Å². The number of amides is 1. The summed E-state index contributed by atoms with van der Waals surface area (Å²) in [5.41, 5.74) is 2.92. The molecule has 1 fully saturated rings. The number of aliphatic hydroxyl groups excluding tert-OH is 1. The van der Waals surface area contributed by atoms with E-state index in [4.69, 9.17) is 10.9 Å². The first-order valence-electron chi connectivity index (χ1n) is 5.60. The molecule has 1 aromatic rings. The van der Waals surface area contributed by atoms with Gasteiger partial charge >= 0.3 is 0 Å². The van der Waals surface area contributed by atoms with Crippen LogP contribution in [0.5, 0.6) is 0 Å². The summed E-state index contributed by atoms with van der Waals surface area (Å²) in [5, 5.41) is 8.96. The first-order valence-corrected chi connectivity index (χ1v) is 5.60. The fourth-order valence-corrected chi connectivity index (χ4v) is 1.72. The van der Waals surface area contributed by atoms with Crippen LogP contribution in [0, 0.1) is 0 Å². The van der Waals surface area contributed by atoms with Crippen molar-refractivity contribution in [1.29, 1.82) is 0 Å². The molecule has 17 heavy (non-hydrogen) atoms. The van der Waals surface area contributed by atoms with Gasteiger partial charge < -0.3 is 15.4 Å². The van der Waals surface area contributed by atoms with Crippen LogP contribution in [0.3, 0.4) is 0 Å². The molecule has 1 aromatic heterocycles. The molecule has 0 bridgehead atoms. The molecule has 1 amide bonds. The number of nitrogens with one attached hydrogen (secondary N) is 1. The molecular weight excluding hydrogens is 220 g/mol. The lowest BCUT2D eigenvalue weighted by atomic mass is 10.2. The van der Waals surface area contributed by atoms with Crippen LogP contribution < -0.4 is 11.3 Å². The van der Waals surface area contributed by atoms with Gasteiger partial charge in [-0.3, -0.25) is 4.79 Å². The third kappa shape index (κ3) is 2.72. The molecule has 92 valence electrons. The van der Waals surface area contributed by atoms with E-state index in [-0.39, 0.29) is 18.6 Å². The van der Waals surface area contributed by atoms with Gasteiger partial charge in [-0.2, -0.15) is 0 Å². The molecule has 4 N–H and O–H groups in total. The summed E-state index contributed by atoms with van der Waals surface area (Å²) in [6, 6.07) is 3.61. The number of carbonyl (C=O) groups excluding carboxylic acids is 1. The number of hydrogen-bond donors (Lipinski definition) is 3. The van der Waals surface area contributed by atoms with Gasteiger partial charge in [-0.25, -0.2) is 10.8 Å². The summed E-state index contributed by atoms with van der Waals surface area (Å²) < 4.78 is 0. The van der Waals surface area contributed by atoms with Crippen molar-refractivity contribution >= 4 is 11.7 Å². The van der Waals surface area contributed by atoms with E-state index in [1.807, 2.05) is 0 Å². The van der Waals surface area contributed by atoms with E-state index in [1.165, 1.54) is 6.20 Å². The first-order chi connectivity index (χ1) is 8.26. The van der Waals surface area contributed by atoms with Crippen LogP contribution in [0.15, 0.2) is 18.3 Å². The Morgan fingerprint density at radius 2 is 2.35 bits per heavy atom. The van der Waals surface area contributed by atoms with Gasteiger partial charge in [0.2, 0.25) is 0 Å². The molecular formula is C11H16N4O2. The van der Waals surface area contributed by atoms with Crippen molar-refractivity contribution in [3.05, 3.63) is 23.9 Å². The lowest BCUT2D eigenvalue weighted by Crippen LogP contribution is -2.35. The molecule has 0 spiro atoms. The minimum absolute atomic E-state index is 0.0158. The van der Waals surface area contributed by atoms with Crippen molar-refractivity contribution in [3.8, 4) is 0 Å². The lowest BCUT2D eigenvalue weighted by Gasteiger charge is -2.21. The zero-order chi connectivity index (χ0) is 12.3. The standard InChI is InChI=1S/C11H16N4O2/c12-14-10-4-1-8(7-13-10)11(17)15(5-6-16)9-2-3-9/h1,4,7,9,16H,2-3,5-6,12H2,(H,13,14). The number of carbonyl (C=O) groups is 1. The molecule has 0 aromatic carbocycles. The van der Waals surface area contributed by atoms with Gasteiger partial charge in [-0.15, -0.1) is 0 Å². The Labute approximate surface area is 99.4 Å². The molecule has 0 atom stereocenters. The molecule has 0 radical (unpaired) electrons. The molecule has 0 aliphatic heterocycles. The Morgan fingerprint density at radius 3 is 2.82 bits per heavy atom. The fraction of sp³-hybridized carbons (Fsp3) is 0.455. The monoisotopic (exact) mass is 236 g/mol. The molecule has 0 saturated heterocycles. The second-order valence-electron chi connectivity index (χ2n) is 4.03. The molecule has 6 nitrogen and oxygen atoms in total. The highest BCUT2D eigenvalue weighted by Crippen LogP contribution is 2.27. The topological polar surface area (TPSA) is 91.5 Å². The summed E-state index contributed by atoms with van der Waals surface area (Å²) in [5.74, 6) is 5.63. The van der Waals surface area contributed by atoms with E-state index < -0.39 is 0 Å². The number of hydrogen-bond acceptors (Lipinski definition) is 5. The highest BCUT2D eigenvalue weighted by molar-refractivity contribution is 5.94. The van der Waals surface area contributed by atoms with E-state index in [1.54, 1.807) is 17.0 Å². The number of aromatic nitrogens is 1. The predicted molar refractivity (Wildman–Crippen MR) is 63.2 cm³/mol. The van der Waals surface area contributed by atoms with Crippen LogP contribution in [0.25, 0.3) is 0 Å². The smallest absolute Gasteiger partial charge is 0.255 e. The van der Waals surface area contributed by atoms with Crippen LogP contribution in [0.1, 0.15) is 23.2 Å². The van der Waals surface area contributed by atoms with E-state index in [0.29, 0.717) is 17.9 Å². The number of nitrogen functional groups attached to an aromatic ring is 1.